The molecule has 2 aromatic rings. The summed E-state index contributed by atoms with van der Waals surface area (Å²) >= 11 is 0. The van der Waals surface area contributed by atoms with Crippen LogP contribution in [0.1, 0.15) is 42.1 Å². The summed E-state index contributed by atoms with van der Waals surface area (Å²) in [6, 6.07) is 8.20. The van der Waals surface area contributed by atoms with Crippen LogP contribution < -0.4 is 14.2 Å². The standard InChI is InChI=1S/C24H26O10/c1-3-31-22(26)23(9-4-10-23)13-33-19-16(7-8-18(30-2)20(19)34-24(27,28)29)14-5-6-17-15(11-14)12-32-21(17)25/h5-8,11,27-29H,3-4,9-10,12-13H2,1-2H3. The second-order valence-electron chi connectivity index (χ2n) is 8.24. The fraction of sp³-hybridized carbons (Fsp3) is 0.417. The normalized spacial score (nSPS) is 16.2. The highest BCUT2D eigenvalue weighted by Gasteiger charge is 2.47. The lowest BCUT2D eigenvalue weighted by Crippen LogP contribution is -2.44. The van der Waals surface area contributed by atoms with E-state index in [9.17, 15) is 24.9 Å². The summed E-state index contributed by atoms with van der Waals surface area (Å²) in [6.45, 7) is 2.01. The molecule has 10 heteroatoms. The minimum absolute atomic E-state index is 0.0154. The number of carbonyl (C=O) groups is 2. The van der Waals surface area contributed by atoms with Crippen molar-refractivity contribution in [3.8, 4) is 28.4 Å². The molecule has 0 amide bonds. The first kappa shape index (κ1) is 23.8. The molecule has 10 nitrogen and oxygen atoms in total. The zero-order chi connectivity index (χ0) is 24.5. The van der Waals surface area contributed by atoms with Crippen LogP contribution >= 0.6 is 0 Å². The molecule has 1 heterocycles. The minimum Gasteiger partial charge on any atom is -0.493 e. The Morgan fingerprint density at radius 2 is 1.85 bits per heavy atom. The predicted molar refractivity (Wildman–Crippen MR) is 116 cm³/mol. The van der Waals surface area contributed by atoms with E-state index < -0.39 is 17.5 Å². The Kier molecular flexibility index (Phi) is 6.39. The fourth-order valence-corrected chi connectivity index (χ4v) is 4.12. The molecule has 0 radical (unpaired) electrons. The Morgan fingerprint density at radius 3 is 2.47 bits per heavy atom. The minimum atomic E-state index is -3.52. The lowest BCUT2D eigenvalue weighted by molar-refractivity contribution is -0.420. The van der Waals surface area contributed by atoms with Crippen molar-refractivity contribution < 1.29 is 48.6 Å². The average Bonchev–Trinajstić information content (AvgIpc) is 3.13. The number of ether oxygens (including phenoxy) is 5. The highest BCUT2D eigenvalue weighted by molar-refractivity contribution is 5.94. The van der Waals surface area contributed by atoms with E-state index in [1.54, 1.807) is 31.2 Å². The Morgan fingerprint density at radius 1 is 1.12 bits per heavy atom. The molecule has 2 aliphatic rings. The third-order valence-electron chi connectivity index (χ3n) is 6.04. The lowest BCUT2D eigenvalue weighted by atomic mass is 9.69. The van der Waals surface area contributed by atoms with Crippen LogP contribution in [0.15, 0.2) is 30.3 Å². The predicted octanol–water partition coefficient (Wildman–Crippen LogP) is 2.11. The number of hydrogen-bond donors (Lipinski definition) is 3. The van der Waals surface area contributed by atoms with Crippen LogP contribution in [-0.2, 0) is 20.9 Å². The summed E-state index contributed by atoms with van der Waals surface area (Å²) in [7, 11) is 1.34. The molecule has 0 saturated heterocycles. The number of carbonyl (C=O) groups excluding carboxylic acids is 2. The quantitative estimate of drug-likeness (QED) is 0.365. The van der Waals surface area contributed by atoms with Crippen molar-refractivity contribution in [3.63, 3.8) is 0 Å². The third kappa shape index (κ3) is 4.52. The maximum Gasteiger partial charge on any atom is 0.453 e. The number of fused-ring (bicyclic) bond motifs is 1. The second-order valence-corrected chi connectivity index (χ2v) is 8.24. The van der Waals surface area contributed by atoms with Crippen molar-refractivity contribution in [1.29, 1.82) is 0 Å². The molecule has 34 heavy (non-hydrogen) atoms. The Bertz CT molecular complexity index is 1100. The average molecular weight is 474 g/mol. The van der Waals surface area contributed by atoms with Gasteiger partial charge in [-0.2, -0.15) is 0 Å². The van der Waals surface area contributed by atoms with Gasteiger partial charge >= 0.3 is 18.1 Å². The summed E-state index contributed by atoms with van der Waals surface area (Å²) in [5.41, 5.74) is 1.33. The van der Waals surface area contributed by atoms with Crippen molar-refractivity contribution in [3.05, 3.63) is 41.5 Å². The smallest absolute Gasteiger partial charge is 0.453 e. The summed E-state index contributed by atoms with van der Waals surface area (Å²) in [4.78, 5) is 24.4. The highest BCUT2D eigenvalue weighted by Crippen LogP contribution is 2.48. The van der Waals surface area contributed by atoms with E-state index in [4.69, 9.17) is 23.7 Å². The van der Waals surface area contributed by atoms with Gasteiger partial charge in [0.2, 0.25) is 5.75 Å². The number of hydrogen-bond acceptors (Lipinski definition) is 10. The lowest BCUT2D eigenvalue weighted by Gasteiger charge is -2.39. The SMILES string of the molecule is CCOC(=O)C1(COc2c(-c3ccc4c(c3)COC4=O)ccc(OC)c2OC(O)(O)O)CCC1. The molecule has 1 fully saturated rings. The maximum atomic E-state index is 12.6. The number of methoxy groups -OCH3 is 1. The van der Waals surface area contributed by atoms with Gasteiger partial charge in [0, 0.05) is 11.1 Å². The van der Waals surface area contributed by atoms with E-state index in [1.807, 2.05) is 0 Å². The molecule has 4 rings (SSSR count). The van der Waals surface area contributed by atoms with Gasteiger partial charge in [-0.15, -0.1) is 0 Å². The molecular formula is C24H26O10. The van der Waals surface area contributed by atoms with Gasteiger partial charge in [0.1, 0.15) is 18.6 Å². The first-order valence-corrected chi connectivity index (χ1v) is 10.8. The van der Waals surface area contributed by atoms with Crippen molar-refractivity contribution in [2.24, 2.45) is 5.41 Å². The van der Waals surface area contributed by atoms with E-state index in [0.29, 0.717) is 35.1 Å². The van der Waals surface area contributed by atoms with E-state index in [-0.39, 0.29) is 43.0 Å². The zero-order valence-electron chi connectivity index (χ0n) is 18.8. The van der Waals surface area contributed by atoms with Gasteiger partial charge in [-0.05, 0) is 49.6 Å². The molecule has 0 bridgehead atoms. The van der Waals surface area contributed by atoms with E-state index in [1.165, 1.54) is 13.2 Å². The molecule has 1 saturated carbocycles. The number of esters is 2. The van der Waals surface area contributed by atoms with Crippen LogP contribution in [0.2, 0.25) is 0 Å². The van der Waals surface area contributed by atoms with Gasteiger partial charge in [0.25, 0.3) is 0 Å². The van der Waals surface area contributed by atoms with Crippen molar-refractivity contribution >= 4 is 11.9 Å². The van der Waals surface area contributed by atoms with Gasteiger partial charge in [-0.3, -0.25) is 4.79 Å². The summed E-state index contributed by atoms with van der Waals surface area (Å²) in [6.07, 6.45) is -1.53. The first-order valence-electron chi connectivity index (χ1n) is 10.8. The Hall–Kier alpha value is -3.34. The Balaban J connectivity index is 1.78. The van der Waals surface area contributed by atoms with Crippen LogP contribution in [0.4, 0.5) is 0 Å². The first-order chi connectivity index (χ1) is 16.2. The van der Waals surface area contributed by atoms with Gasteiger partial charge < -0.3 is 39.0 Å². The monoisotopic (exact) mass is 474 g/mol. The van der Waals surface area contributed by atoms with Crippen LogP contribution in [-0.4, -0.2) is 53.7 Å². The molecule has 0 spiro atoms. The molecule has 0 unspecified atom stereocenters. The third-order valence-corrected chi connectivity index (χ3v) is 6.04. The van der Waals surface area contributed by atoms with Gasteiger partial charge in [-0.1, -0.05) is 12.5 Å². The van der Waals surface area contributed by atoms with Crippen LogP contribution in [0.25, 0.3) is 11.1 Å². The molecule has 3 N–H and O–H groups in total. The summed E-state index contributed by atoms with van der Waals surface area (Å²) in [5, 5.41) is 28.6. The maximum absolute atomic E-state index is 12.6. The van der Waals surface area contributed by atoms with Crippen LogP contribution in [0.3, 0.4) is 0 Å². The van der Waals surface area contributed by atoms with E-state index in [0.717, 1.165) is 6.42 Å². The molecule has 1 aliphatic carbocycles. The summed E-state index contributed by atoms with van der Waals surface area (Å²) in [5.74, 6) is -0.995. The fourth-order valence-electron chi connectivity index (χ4n) is 4.12. The molecule has 2 aromatic carbocycles. The number of benzene rings is 2. The molecule has 1 aliphatic heterocycles. The van der Waals surface area contributed by atoms with Crippen molar-refractivity contribution in [1.82, 2.24) is 0 Å². The summed E-state index contributed by atoms with van der Waals surface area (Å²) < 4.78 is 26.6. The van der Waals surface area contributed by atoms with Gasteiger partial charge in [0.05, 0.1) is 19.3 Å². The van der Waals surface area contributed by atoms with Crippen molar-refractivity contribution in [2.75, 3.05) is 20.3 Å². The van der Waals surface area contributed by atoms with Crippen LogP contribution in [0.5, 0.6) is 17.2 Å². The molecule has 182 valence electrons. The van der Waals surface area contributed by atoms with Crippen molar-refractivity contribution in [2.45, 2.75) is 39.0 Å². The topological polar surface area (TPSA) is 141 Å². The van der Waals surface area contributed by atoms with Gasteiger partial charge in [-0.25, -0.2) is 4.79 Å². The Labute approximate surface area is 195 Å². The largest absolute Gasteiger partial charge is 0.493 e. The van der Waals surface area contributed by atoms with Gasteiger partial charge in [0.15, 0.2) is 11.5 Å². The number of cyclic esters (lactones) is 1. The van der Waals surface area contributed by atoms with E-state index >= 15 is 0 Å². The molecule has 0 atom stereocenters. The number of aliphatic hydroxyl groups is 3. The number of rotatable bonds is 9. The molecule has 0 aromatic heterocycles. The highest BCUT2D eigenvalue weighted by atomic mass is 16.9. The van der Waals surface area contributed by atoms with Crippen LogP contribution in [0, 0.1) is 5.41 Å². The molecular weight excluding hydrogens is 448 g/mol. The van der Waals surface area contributed by atoms with E-state index in [2.05, 4.69) is 0 Å². The zero-order valence-corrected chi connectivity index (χ0v) is 18.8. The second kappa shape index (κ2) is 9.13.